The zero-order valence-corrected chi connectivity index (χ0v) is 19.5. The number of hydrogen-bond donors (Lipinski definition) is 7. The van der Waals surface area contributed by atoms with Crippen molar-refractivity contribution < 1.29 is 24.3 Å². The highest BCUT2D eigenvalue weighted by molar-refractivity contribution is 5.94. The molecule has 0 bridgehead atoms. The summed E-state index contributed by atoms with van der Waals surface area (Å²) in [5.41, 5.74) is 11.7. The Morgan fingerprint density at radius 2 is 1.73 bits per heavy atom. The van der Waals surface area contributed by atoms with Crippen LogP contribution in [0.3, 0.4) is 0 Å². The van der Waals surface area contributed by atoms with Crippen LogP contribution in [0.4, 0.5) is 0 Å². The van der Waals surface area contributed by atoms with Crippen molar-refractivity contribution in [3.63, 3.8) is 0 Å². The quantitative estimate of drug-likeness (QED) is 0.159. The molecule has 0 radical (unpaired) electrons. The summed E-state index contributed by atoms with van der Waals surface area (Å²) in [6.07, 6.45) is 4.94. The Hall–Kier alpha value is -2.99. The van der Waals surface area contributed by atoms with Gasteiger partial charge in [-0.3, -0.25) is 14.4 Å². The van der Waals surface area contributed by atoms with Crippen molar-refractivity contribution in [2.45, 2.75) is 77.0 Å². The molecule has 0 saturated carbocycles. The minimum Gasteiger partial charge on any atom is -0.480 e. The van der Waals surface area contributed by atoms with E-state index in [2.05, 4.69) is 25.9 Å². The molecule has 0 spiro atoms. The minimum absolute atomic E-state index is 0.00444. The van der Waals surface area contributed by atoms with Crippen LogP contribution >= 0.6 is 0 Å². The highest BCUT2D eigenvalue weighted by atomic mass is 16.4. The molecule has 5 unspecified atom stereocenters. The van der Waals surface area contributed by atoms with Gasteiger partial charge in [-0.05, 0) is 38.6 Å². The van der Waals surface area contributed by atoms with Gasteiger partial charge in [-0.25, -0.2) is 9.78 Å². The number of H-pyrrole nitrogens is 1. The number of nitrogens with two attached hydrogens (primary N) is 2. The Morgan fingerprint density at radius 3 is 2.24 bits per heavy atom. The third kappa shape index (κ3) is 9.58. The molecule has 1 heterocycles. The van der Waals surface area contributed by atoms with E-state index in [-0.39, 0.29) is 18.8 Å². The van der Waals surface area contributed by atoms with Crippen molar-refractivity contribution in [3.8, 4) is 0 Å². The predicted octanol–water partition coefficient (Wildman–Crippen LogP) is -0.986. The first-order valence-electron chi connectivity index (χ1n) is 11.2. The molecule has 0 aliphatic heterocycles. The number of nitrogens with one attached hydrogen (secondary N) is 4. The Morgan fingerprint density at radius 1 is 1.06 bits per heavy atom. The smallest absolute Gasteiger partial charge is 0.326 e. The maximum atomic E-state index is 13.0. The zero-order valence-electron chi connectivity index (χ0n) is 19.5. The molecule has 1 aromatic rings. The molecule has 0 aromatic carbocycles. The molecular formula is C21H37N7O5. The van der Waals surface area contributed by atoms with Gasteiger partial charge in [0.05, 0.1) is 12.4 Å². The van der Waals surface area contributed by atoms with Crippen molar-refractivity contribution >= 4 is 23.7 Å². The molecule has 12 heteroatoms. The first kappa shape index (κ1) is 28.0. The summed E-state index contributed by atoms with van der Waals surface area (Å²) in [6, 6.07) is -3.90. The molecule has 1 aromatic heterocycles. The number of rotatable bonds is 15. The number of aromatic nitrogens is 2. The van der Waals surface area contributed by atoms with Gasteiger partial charge in [0.25, 0.3) is 0 Å². The third-order valence-electron chi connectivity index (χ3n) is 5.38. The van der Waals surface area contributed by atoms with Crippen molar-refractivity contribution in [1.29, 1.82) is 0 Å². The Bertz CT molecular complexity index is 769. The zero-order chi connectivity index (χ0) is 25.0. The molecule has 0 fully saturated rings. The highest BCUT2D eigenvalue weighted by Crippen LogP contribution is 2.10. The molecule has 0 aliphatic rings. The van der Waals surface area contributed by atoms with Crippen LogP contribution in [0.15, 0.2) is 12.5 Å². The largest absolute Gasteiger partial charge is 0.480 e. The molecule has 186 valence electrons. The van der Waals surface area contributed by atoms with Crippen molar-refractivity contribution in [2.24, 2.45) is 17.4 Å². The van der Waals surface area contributed by atoms with Crippen molar-refractivity contribution in [2.75, 3.05) is 6.54 Å². The number of nitrogens with zero attached hydrogens (tertiary/aromatic N) is 1. The second kappa shape index (κ2) is 14.2. The summed E-state index contributed by atoms with van der Waals surface area (Å²) in [5, 5.41) is 17.3. The van der Waals surface area contributed by atoms with E-state index < -0.39 is 47.9 Å². The van der Waals surface area contributed by atoms with Gasteiger partial charge in [-0.2, -0.15) is 0 Å². The molecule has 12 nitrogen and oxygen atoms in total. The predicted molar refractivity (Wildman–Crippen MR) is 122 cm³/mol. The van der Waals surface area contributed by atoms with Gasteiger partial charge < -0.3 is 37.5 Å². The van der Waals surface area contributed by atoms with Gasteiger partial charge >= 0.3 is 5.97 Å². The summed E-state index contributed by atoms with van der Waals surface area (Å²) >= 11 is 0. The number of aliphatic carboxylic acids is 1. The molecule has 3 amide bonds. The average Bonchev–Trinajstić information content (AvgIpc) is 3.28. The van der Waals surface area contributed by atoms with Crippen LogP contribution in [0, 0.1) is 5.92 Å². The molecular weight excluding hydrogens is 430 g/mol. The molecule has 5 atom stereocenters. The second-order valence-electron chi connectivity index (χ2n) is 8.19. The van der Waals surface area contributed by atoms with E-state index in [0.29, 0.717) is 31.5 Å². The van der Waals surface area contributed by atoms with Gasteiger partial charge in [0.2, 0.25) is 17.7 Å². The van der Waals surface area contributed by atoms with E-state index in [1.165, 1.54) is 19.4 Å². The van der Waals surface area contributed by atoms with Gasteiger partial charge in [0.1, 0.15) is 18.1 Å². The minimum atomic E-state index is -1.22. The second-order valence-corrected chi connectivity index (χ2v) is 8.19. The fourth-order valence-corrected chi connectivity index (χ4v) is 3.10. The summed E-state index contributed by atoms with van der Waals surface area (Å²) < 4.78 is 0. The van der Waals surface area contributed by atoms with Crippen LogP contribution in [0.1, 0.15) is 52.1 Å². The van der Waals surface area contributed by atoms with Crippen molar-refractivity contribution in [3.05, 3.63) is 18.2 Å². The van der Waals surface area contributed by atoms with E-state index in [1.807, 2.05) is 6.92 Å². The topological polar surface area (TPSA) is 205 Å². The monoisotopic (exact) mass is 467 g/mol. The summed E-state index contributed by atoms with van der Waals surface area (Å²) in [5.74, 6) is -3.08. The number of unbranched alkanes of at least 4 members (excludes halogenated alkanes) is 1. The fourth-order valence-electron chi connectivity index (χ4n) is 3.10. The lowest BCUT2D eigenvalue weighted by molar-refractivity contribution is -0.142. The van der Waals surface area contributed by atoms with E-state index in [1.54, 1.807) is 6.92 Å². The van der Waals surface area contributed by atoms with Crippen LogP contribution in [-0.2, 0) is 25.6 Å². The SMILES string of the molecule is CCC(C)C(NC(=O)C(C)N)C(=O)NC(CCCCN)C(=O)NC(Cc1cnc[nH]1)C(=O)O. The lowest BCUT2D eigenvalue weighted by atomic mass is 9.97. The van der Waals surface area contributed by atoms with E-state index >= 15 is 0 Å². The highest BCUT2D eigenvalue weighted by Gasteiger charge is 2.32. The molecule has 33 heavy (non-hydrogen) atoms. The van der Waals surface area contributed by atoms with Crippen LogP contribution < -0.4 is 27.4 Å². The number of hydrogen-bond acceptors (Lipinski definition) is 7. The van der Waals surface area contributed by atoms with E-state index in [9.17, 15) is 24.3 Å². The normalized spacial score (nSPS) is 15.5. The van der Waals surface area contributed by atoms with Gasteiger partial charge in [-0.1, -0.05) is 20.3 Å². The molecule has 0 aliphatic carbocycles. The average molecular weight is 468 g/mol. The third-order valence-corrected chi connectivity index (χ3v) is 5.38. The van der Waals surface area contributed by atoms with Crippen LogP contribution in [-0.4, -0.2) is 69.5 Å². The number of carbonyl (C=O) groups is 4. The van der Waals surface area contributed by atoms with Gasteiger partial charge in [0, 0.05) is 18.3 Å². The number of imidazole rings is 1. The fraction of sp³-hybridized carbons (Fsp3) is 0.667. The van der Waals surface area contributed by atoms with Crippen LogP contribution in [0.2, 0.25) is 0 Å². The number of carboxylic acids is 1. The number of carbonyl (C=O) groups excluding carboxylic acids is 3. The summed E-state index contributed by atoms with van der Waals surface area (Å²) in [6.45, 7) is 5.61. The van der Waals surface area contributed by atoms with Crippen LogP contribution in [0.25, 0.3) is 0 Å². The number of aromatic amines is 1. The molecule has 1 rings (SSSR count). The maximum absolute atomic E-state index is 13.0. The Kier molecular flexibility index (Phi) is 12.1. The van der Waals surface area contributed by atoms with Gasteiger partial charge in [-0.15, -0.1) is 0 Å². The Labute approximate surface area is 193 Å². The maximum Gasteiger partial charge on any atom is 0.326 e. The van der Waals surface area contributed by atoms with Crippen molar-refractivity contribution in [1.82, 2.24) is 25.9 Å². The number of carboxylic acid groups (broad SMARTS) is 1. The van der Waals surface area contributed by atoms with E-state index in [0.717, 1.165) is 0 Å². The first-order chi connectivity index (χ1) is 15.6. The van der Waals surface area contributed by atoms with Gasteiger partial charge in [0.15, 0.2) is 0 Å². The lowest BCUT2D eigenvalue weighted by Crippen LogP contribution is -2.58. The lowest BCUT2D eigenvalue weighted by Gasteiger charge is -2.27. The summed E-state index contributed by atoms with van der Waals surface area (Å²) in [7, 11) is 0. The molecule has 9 N–H and O–H groups in total. The number of amides is 3. The standard InChI is InChI=1S/C21H37N7O5/c1-4-12(2)17(28-18(29)13(3)23)20(31)26-15(7-5-6-8-22)19(30)27-16(21(32)33)9-14-10-24-11-25-14/h10-13,15-17H,4-9,22-23H2,1-3H3,(H,24,25)(H,26,31)(H,27,30)(H,28,29)(H,32,33). The Balaban J connectivity index is 2.98. The summed E-state index contributed by atoms with van der Waals surface area (Å²) in [4.78, 5) is 56.4. The molecule has 0 saturated heterocycles. The van der Waals surface area contributed by atoms with Crippen LogP contribution in [0.5, 0.6) is 0 Å². The first-order valence-corrected chi connectivity index (χ1v) is 11.2. The van der Waals surface area contributed by atoms with E-state index in [4.69, 9.17) is 11.5 Å².